The first-order valence-corrected chi connectivity index (χ1v) is 12.5. The third-order valence-corrected chi connectivity index (χ3v) is 6.71. The van der Waals surface area contributed by atoms with Crippen LogP contribution in [0.1, 0.15) is 37.4 Å². The molecule has 36 heavy (non-hydrogen) atoms. The number of carbonyl (C=O) groups excluding carboxylic acids is 2. The summed E-state index contributed by atoms with van der Waals surface area (Å²) < 4.78 is 11.1. The maximum Gasteiger partial charge on any atom is 0.325 e. The molecule has 0 saturated carbocycles. The number of hydrogen-bond donors (Lipinski definition) is 0. The van der Waals surface area contributed by atoms with Crippen LogP contribution in [0.5, 0.6) is 0 Å². The van der Waals surface area contributed by atoms with Crippen molar-refractivity contribution in [3.05, 3.63) is 96.1 Å². The van der Waals surface area contributed by atoms with Crippen molar-refractivity contribution >= 4 is 23.3 Å². The van der Waals surface area contributed by atoms with Gasteiger partial charge in [-0.2, -0.15) is 0 Å². The lowest BCUT2D eigenvalue weighted by Crippen LogP contribution is -2.50. The van der Waals surface area contributed by atoms with Crippen LogP contribution in [0.4, 0.5) is 11.4 Å². The molecule has 1 fully saturated rings. The quantitative estimate of drug-likeness (QED) is 0.324. The van der Waals surface area contributed by atoms with Gasteiger partial charge in [-0.3, -0.25) is 9.59 Å². The molecule has 0 radical (unpaired) electrons. The highest BCUT2D eigenvalue weighted by atomic mass is 16.6. The summed E-state index contributed by atoms with van der Waals surface area (Å²) in [4.78, 5) is 31.7. The molecule has 4 rings (SSSR count). The summed E-state index contributed by atoms with van der Waals surface area (Å²) in [7, 11) is 0. The van der Waals surface area contributed by atoms with Crippen LogP contribution in [0.3, 0.4) is 0 Å². The van der Waals surface area contributed by atoms with Crippen LogP contribution in [0.2, 0.25) is 0 Å². The van der Waals surface area contributed by atoms with Gasteiger partial charge in [-0.05, 0) is 50.6 Å². The second-order valence-corrected chi connectivity index (χ2v) is 9.13. The first kappa shape index (κ1) is 25.3. The Kier molecular flexibility index (Phi) is 7.93. The number of nitrogens with zero attached hydrogens (tertiary/aromatic N) is 2. The lowest BCUT2D eigenvalue weighted by atomic mass is 9.79. The van der Waals surface area contributed by atoms with Gasteiger partial charge in [-0.15, -0.1) is 0 Å². The molecule has 0 aromatic heterocycles. The Balaban J connectivity index is 1.92. The summed E-state index contributed by atoms with van der Waals surface area (Å²) in [5.41, 5.74) is 2.60. The number of carbonyl (C=O) groups is 2. The minimum atomic E-state index is -1.50. The Morgan fingerprint density at radius 2 is 1.33 bits per heavy atom. The monoisotopic (exact) mass is 486 g/mol. The molecule has 0 spiro atoms. The molecule has 3 aromatic rings. The molecule has 1 unspecified atom stereocenters. The summed E-state index contributed by atoms with van der Waals surface area (Å²) in [5, 5.41) is 0. The van der Waals surface area contributed by atoms with E-state index in [9.17, 15) is 9.59 Å². The van der Waals surface area contributed by atoms with E-state index in [4.69, 9.17) is 9.47 Å². The van der Waals surface area contributed by atoms with E-state index in [2.05, 4.69) is 46.2 Å². The number of para-hydroxylation sites is 2. The SMILES string of the molecule is CCOC(=O)C1(C(=O)OCC)CC(c2ccc(C)cc2)N(c2ccccc2)CN(c2ccccc2)C1. The number of hydrogen-bond acceptors (Lipinski definition) is 6. The number of aryl methyl sites for hydroxylation is 1. The van der Waals surface area contributed by atoms with Gasteiger partial charge in [-0.25, -0.2) is 0 Å². The Morgan fingerprint density at radius 3 is 1.86 bits per heavy atom. The van der Waals surface area contributed by atoms with E-state index >= 15 is 0 Å². The van der Waals surface area contributed by atoms with Gasteiger partial charge in [0.2, 0.25) is 0 Å². The third kappa shape index (κ3) is 5.23. The van der Waals surface area contributed by atoms with Crippen molar-refractivity contribution in [1.82, 2.24) is 0 Å². The molecule has 1 aliphatic heterocycles. The highest BCUT2D eigenvalue weighted by Crippen LogP contribution is 2.43. The average Bonchev–Trinajstić information content (AvgIpc) is 3.09. The third-order valence-electron chi connectivity index (χ3n) is 6.71. The summed E-state index contributed by atoms with van der Waals surface area (Å²) in [5.74, 6) is -1.09. The minimum absolute atomic E-state index is 0.153. The van der Waals surface area contributed by atoms with Gasteiger partial charge in [0.15, 0.2) is 5.41 Å². The second-order valence-electron chi connectivity index (χ2n) is 9.13. The maximum absolute atomic E-state index is 13.7. The number of anilines is 2. The molecule has 3 aromatic carbocycles. The van der Waals surface area contributed by atoms with Crippen molar-refractivity contribution in [1.29, 1.82) is 0 Å². The first-order valence-electron chi connectivity index (χ1n) is 12.5. The van der Waals surface area contributed by atoms with Crippen molar-refractivity contribution in [2.75, 3.05) is 36.2 Å². The lowest BCUT2D eigenvalue weighted by molar-refractivity contribution is -0.172. The lowest BCUT2D eigenvalue weighted by Gasteiger charge is -2.36. The van der Waals surface area contributed by atoms with Gasteiger partial charge in [-0.1, -0.05) is 66.2 Å². The van der Waals surface area contributed by atoms with E-state index in [1.807, 2.05) is 55.5 Å². The number of ether oxygens (including phenoxy) is 2. The van der Waals surface area contributed by atoms with Gasteiger partial charge in [0.25, 0.3) is 0 Å². The van der Waals surface area contributed by atoms with Crippen LogP contribution in [0.15, 0.2) is 84.9 Å². The summed E-state index contributed by atoms with van der Waals surface area (Å²) in [6.45, 7) is 6.57. The predicted octanol–water partition coefficient (Wildman–Crippen LogP) is 5.52. The standard InChI is InChI=1S/C30H34N2O4/c1-4-35-28(33)30(29(34)36-5-2)20-27(24-18-16-23(3)17-19-24)32(26-14-10-7-11-15-26)22-31(21-30)25-12-8-6-9-13-25/h6-19,27H,4-5,20-22H2,1-3H3. The van der Waals surface area contributed by atoms with Crippen LogP contribution in [0, 0.1) is 12.3 Å². The molecule has 1 atom stereocenters. The Hall–Kier alpha value is -3.80. The molecule has 0 aliphatic carbocycles. The molecule has 1 saturated heterocycles. The Labute approximate surface area is 213 Å². The minimum Gasteiger partial charge on any atom is -0.465 e. The van der Waals surface area contributed by atoms with E-state index in [0.29, 0.717) is 6.67 Å². The fourth-order valence-corrected chi connectivity index (χ4v) is 4.86. The summed E-state index contributed by atoms with van der Waals surface area (Å²) in [6.07, 6.45) is 0.228. The zero-order chi connectivity index (χ0) is 25.5. The molecule has 1 heterocycles. The van der Waals surface area contributed by atoms with Crippen LogP contribution >= 0.6 is 0 Å². The van der Waals surface area contributed by atoms with Gasteiger partial charge in [0, 0.05) is 24.3 Å². The highest BCUT2D eigenvalue weighted by molar-refractivity contribution is 6.01. The molecular formula is C30H34N2O4. The predicted molar refractivity (Wildman–Crippen MR) is 142 cm³/mol. The molecule has 0 amide bonds. The smallest absolute Gasteiger partial charge is 0.325 e. The molecule has 6 heteroatoms. The number of benzene rings is 3. The van der Waals surface area contributed by atoms with E-state index in [0.717, 1.165) is 22.5 Å². The normalized spacial score (nSPS) is 17.2. The largest absolute Gasteiger partial charge is 0.465 e. The van der Waals surface area contributed by atoms with Crippen LogP contribution in [0.25, 0.3) is 0 Å². The second kappa shape index (κ2) is 11.3. The number of esters is 2. The molecule has 1 aliphatic rings. The van der Waals surface area contributed by atoms with E-state index in [1.165, 1.54) is 0 Å². The highest BCUT2D eigenvalue weighted by Gasteiger charge is 2.54. The number of rotatable bonds is 7. The van der Waals surface area contributed by atoms with Gasteiger partial charge in [0.1, 0.15) is 0 Å². The van der Waals surface area contributed by atoms with Crippen molar-refractivity contribution in [2.24, 2.45) is 5.41 Å². The van der Waals surface area contributed by atoms with Crippen molar-refractivity contribution in [3.63, 3.8) is 0 Å². The van der Waals surface area contributed by atoms with E-state index in [1.54, 1.807) is 13.8 Å². The van der Waals surface area contributed by atoms with Gasteiger partial charge >= 0.3 is 11.9 Å². The van der Waals surface area contributed by atoms with Crippen molar-refractivity contribution < 1.29 is 19.1 Å². The molecule has 0 bridgehead atoms. The van der Waals surface area contributed by atoms with Crippen LogP contribution in [-0.4, -0.2) is 38.4 Å². The van der Waals surface area contributed by atoms with Crippen molar-refractivity contribution in [3.8, 4) is 0 Å². The van der Waals surface area contributed by atoms with Crippen LogP contribution in [-0.2, 0) is 19.1 Å². The topological polar surface area (TPSA) is 59.1 Å². The molecule has 0 N–H and O–H groups in total. The van der Waals surface area contributed by atoms with E-state index < -0.39 is 17.4 Å². The van der Waals surface area contributed by atoms with E-state index in [-0.39, 0.29) is 32.2 Å². The zero-order valence-electron chi connectivity index (χ0n) is 21.2. The molecule has 188 valence electrons. The summed E-state index contributed by atoms with van der Waals surface area (Å²) >= 11 is 0. The van der Waals surface area contributed by atoms with Crippen LogP contribution < -0.4 is 9.80 Å². The molecule has 6 nitrogen and oxygen atoms in total. The fraction of sp³-hybridized carbons (Fsp3) is 0.333. The molecular weight excluding hydrogens is 452 g/mol. The fourth-order valence-electron chi connectivity index (χ4n) is 4.86. The Bertz CT molecular complexity index is 1130. The average molecular weight is 487 g/mol. The Morgan fingerprint density at radius 1 is 0.806 bits per heavy atom. The van der Waals surface area contributed by atoms with Gasteiger partial charge < -0.3 is 19.3 Å². The first-order chi connectivity index (χ1) is 17.5. The zero-order valence-corrected chi connectivity index (χ0v) is 21.2. The summed E-state index contributed by atoms with van der Waals surface area (Å²) in [6, 6.07) is 28.0. The maximum atomic E-state index is 13.7. The van der Waals surface area contributed by atoms with Gasteiger partial charge in [0.05, 0.1) is 25.9 Å². The van der Waals surface area contributed by atoms with Crippen molar-refractivity contribution in [2.45, 2.75) is 33.2 Å².